The van der Waals surface area contributed by atoms with Crippen molar-refractivity contribution in [1.82, 2.24) is 4.98 Å². The Morgan fingerprint density at radius 1 is 1.30 bits per heavy atom. The number of aromatic carboxylic acids is 1. The number of benzene rings is 1. The van der Waals surface area contributed by atoms with Crippen LogP contribution in [0.25, 0.3) is 10.8 Å². The summed E-state index contributed by atoms with van der Waals surface area (Å²) in [4.78, 5) is 15.5. The van der Waals surface area contributed by atoms with Crippen LogP contribution >= 0.6 is 0 Å². The van der Waals surface area contributed by atoms with Crippen molar-refractivity contribution in [3.8, 4) is 0 Å². The van der Waals surface area contributed by atoms with Gasteiger partial charge in [-0.25, -0.2) is 9.78 Å². The number of anilines is 1. The van der Waals surface area contributed by atoms with Crippen LogP contribution < -0.4 is 5.32 Å². The molecule has 1 aromatic carbocycles. The highest BCUT2D eigenvalue weighted by atomic mass is 16.4. The van der Waals surface area contributed by atoms with Crippen molar-refractivity contribution in [3.63, 3.8) is 0 Å². The molecule has 2 rings (SSSR count). The molecule has 2 N–H and O–H groups in total. The lowest BCUT2D eigenvalue weighted by molar-refractivity contribution is 0.0698. The van der Waals surface area contributed by atoms with Crippen LogP contribution in [0.3, 0.4) is 0 Å². The molecule has 0 amide bonds. The van der Waals surface area contributed by atoms with Crippen LogP contribution in [0.5, 0.6) is 0 Å². The van der Waals surface area contributed by atoms with Gasteiger partial charge in [0, 0.05) is 23.5 Å². The summed E-state index contributed by atoms with van der Waals surface area (Å²) < 4.78 is 0. The zero-order valence-electron chi connectivity index (χ0n) is 12.1. The number of nitrogens with one attached hydrogen (secondary N) is 1. The number of fused-ring (bicyclic) bond motifs is 1. The number of hydrogen-bond donors (Lipinski definition) is 2. The van der Waals surface area contributed by atoms with Crippen LogP contribution in [0.15, 0.2) is 30.5 Å². The fourth-order valence-electron chi connectivity index (χ4n) is 1.95. The zero-order chi connectivity index (χ0) is 14.8. The van der Waals surface area contributed by atoms with Gasteiger partial charge in [-0.1, -0.05) is 45.0 Å². The molecule has 1 heterocycles. The van der Waals surface area contributed by atoms with E-state index in [4.69, 9.17) is 0 Å². The zero-order valence-corrected chi connectivity index (χ0v) is 12.1. The van der Waals surface area contributed by atoms with E-state index in [1.807, 2.05) is 24.3 Å². The minimum absolute atomic E-state index is 0.175. The van der Waals surface area contributed by atoms with Gasteiger partial charge in [-0.2, -0.15) is 0 Å². The summed E-state index contributed by atoms with van der Waals surface area (Å²) in [5.74, 6) is -0.207. The summed E-state index contributed by atoms with van der Waals surface area (Å²) in [5.41, 5.74) is 0.412. The molecule has 0 spiro atoms. The topological polar surface area (TPSA) is 62.2 Å². The smallest absolute Gasteiger partial charge is 0.337 e. The summed E-state index contributed by atoms with van der Waals surface area (Å²) in [6.45, 7) is 7.33. The van der Waals surface area contributed by atoms with Crippen molar-refractivity contribution in [1.29, 1.82) is 0 Å². The van der Waals surface area contributed by atoms with Crippen molar-refractivity contribution in [2.45, 2.75) is 27.2 Å². The normalized spacial score (nSPS) is 11.6. The van der Waals surface area contributed by atoms with Gasteiger partial charge in [-0.3, -0.25) is 0 Å². The predicted molar refractivity (Wildman–Crippen MR) is 81.3 cm³/mol. The fraction of sp³-hybridized carbons (Fsp3) is 0.375. The van der Waals surface area contributed by atoms with Gasteiger partial charge >= 0.3 is 5.97 Å². The number of aromatic nitrogens is 1. The first-order valence-electron chi connectivity index (χ1n) is 6.79. The Morgan fingerprint density at radius 2 is 1.95 bits per heavy atom. The molecule has 0 aliphatic rings. The molecule has 0 aliphatic carbocycles. The van der Waals surface area contributed by atoms with E-state index in [2.05, 4.69) is 31.1 Å². The number of rotatable bonds is 5. The molecule has 0 saturated carbocycles. The number of carboxylic acids is 1. The van der Waals surface area contributed by atoms with E-state index in [1.165, 1.54) is 6.20 Å². The first-order valence-corrected chi connectivity index (χ1v) is 6.79. The molecule has 4 nitrogen and oxygen atoms in total. The summed E-state index contributed by atoms with van der Waals surface area (Å²) >= 11 is 0. The third-order valence-corrected chi connectivity index (χ3v) is 3.72. The standard InChI is InChI=1S/C16H20N2O2/c1-4-16(2,3)10-18-14-12-8-6-5-7-11(12)13(9-17-14)15(19)20/h5-9H,4,10H2,1-3H3,(H,17,18)(H,19,20). The number of pyridine rings is 1. The van der Waals surface area contributed by atoms with Gasteiger partial charge in [-0.15, -0.1) is 0 Å². The maximum atomic E-state index is 11.2. The largest absolute Gasteiger partial charge is 0.478 e. The molecular formula is C16H20N2O2. The highest BCUT2D eigenvalue weighted by molar-refractivity contribution is 6.06. The number of carbonyl (C=O) groups is 1. The Bertz CT molecular complexity index is 635. The molecule has 0 aliphatic heterocycles. The summed E-state index contributed by atoms with van der Waals surface area (Å²) in [5, 5.41) is 14.1. The van der Waals surface area contributed by atoms with E-state index < -0.39 is 5.97 Å². The van der Waals surface area contributed by atoms with Gasteiger partial charge in [0.15, 0.2) is 0 Å². The summed E-state index contributed by atoms with van der Waals surface area (Å²) in [7, 11) is 0. The first kappa shape index (κ1) is 14.3. The molecule has 0 fully saturated rings. The predicted octanol–water partition coefficient (Wildman–Crippen LogP) is 3.78. The van der Waals surface area contributed by atoms with Crippen molar-refractivity contribution >= 4 is 22.6 Å². The molecule has 0 radical (unpaired) electrons. The van der Waals surface area contributed by atoms with E-state index in [9.17, 15) is 9.90 Å². The second kappa shape index (κ2) is 5.49. The van der Waals surface area contributed by atoms with Crippen LogP contribution in [0.2, 0.25) is 0 Å². The molecular weight excluding hydrogens is 252 g/mol. The van der Waals surface area contributed by atoms with E-state index in [-0.39, 0.29) is 11.0 Å². The third kappa shape index (κ3) is 2.90. The number of nitrogens with zero attached hydrogens (tertiary/aromatic N) is 1. The van der Waals surface area contributed by atoms with Crippen LogP contribution in [-0.4, -0.2) is 22.6 Å². The molecule has 20 heavy (non-hydrogen) atoms. The minimum atomic E-state index is -0.950. The van der Waals surface area contributed by atoms with Crippen molar-refractivity contribution in [3.05, 3.63) is 36.0 Å². The van der Waals surface area contributed by atoms with Gasteiger partial charge in [0.25, 0.3) is 0 Å². The molecule has 0 bridgehead atoms. The highest BCUT2D eigenvalue weighted by Gasteiger charge is 2.17. The molecule has 106 valence electrons. The van der Waals surface area contributed by atoms with Gasteiger partial charge in [-0.05, 0) is 11.8 Å². The summed E-state index contributed by atoms with van der Waals surface area (Å²) in [6, 6.07) is 7.45. The lowest BCUT2D eigenvalue weighted by atomic mass is 9.90. The first-order chi connectivity index (χ1) is 9.44. The average molecular weight is 272 g/mol. The van der Waals surface area contributed by atoms with Crippen LogP contribution in [0, 0.1) is 5.41 Å². The van der Waals surface area contributed by atoms with Gasteiger partial charge in [0.1, 0.15) is 5.82 Å². The number of carboxylic acid groups (broad SMARTS) is 1. The van der Waals surface area contributed by atoms with Gasteiger partial charge in [0.2, 0.25) is 0 Å². The van der Waals surface area contributed by atoms with E-state index >= 15 is 0 Å². The third-order valence-electron chi connectivity index (χ3n) is 3.72. The van der Waals surface area contributed by atoms with Gasteiger partial charge < -0.3 is 10.4 Å². The Morgan fingerprint density at radius 3 is 2.55 bits per heavy atom. The maximum absolute atomic E-state index is 11.2. The van der Waals surface area contributed by atoms with E-state index in [1.54, 1.807) is 0 Å². The minimum Gasteiger partial charge on any atom is -0.478 e. The monoisotopic (exact) mass is 272 g/mol. The summed E-state index contributed by atoms with van der Waals surface area (Å²) in [6.07, 6.45) is 2.48. The quantitative estimate of drug-likeness (QED) is 0.869. The highest BCUT2D eigenvalue weighted by Crippen LogP contribution is 2.26. The Balaban J connectivity index is 2.41. The molecule has 1 aromatic heterocycles. The molecule has 0 saturated heterocycles. The van der Waals surface area contributed by atoms with Crippen molar-refractivity contribution < 1.29 is 9.90 Å². The van der Waals surface area contributed by atoms with E-state index in [0.29, 0.717) is 5.39 Å². The van der Waals surface area contributed by atoms with Crippen LogP contribution in [0.4, 0.5) is 5.82 Å². The lowest BCUT2D eigenvalue weighted by Gasteiger charge is -2.23. The SMILES string of the molecule is CCC(C)(C)CNc1ncc(C(=O)O)c2ccccc12. The second-order valence-corrected chi connectivity index (χ2v) is 5.74. The number of hydrogen-bond acceptors (Lipinski definition) is 3. The molecule has 0 atom stereocenters. The maximum Gasteiger partial charge on any atom is 0.337 e. The Labute approximate surface area is 118 Å². The van der Waals surface area contributed by atoms with E-state index in [0.717, 1.165) is 24.2 Å². The van der Waals surface area contributed by atoms with Crippen molar-refractivity contribution in [2.75, 3.05) is 11.9 Å². The fourth-order valence-corrected chi connectivity index (χ4v) is 1.95. The van der Waals surface area contributed by atoms with Crippen molar-refractivity contribution in [2.24, 2.45) is 5.41 Å². The molecule has 2 aromatic rings. The van der Waals surface area contributed by atoms with Crippen LogP contribution in [-0.2, 0) is 0 Å². The lowest BCUT2D eigenvalue weighted by Crippen LogP contribution is -2.22. The average Bonchev–Trinajstić information content (AvgIpc) is 2.44. The van der Waals surface area contributed by atoms with Gasteiger partial charge in [0.05, 0.1) is 5.56 Å². The second-order valence-electron chi connectivity index (χ2n) is 5.74. The molecule has 0 unspecified atom stereocenters. The Hall–Kier alpha value is -2.10. The Kier molecular flexibility index (Phi) is 3.93. The van der Waals surface area contributed by atoms with Crippen LogP contribution in [0.1, 0.15) is 37.6 Å². The molecule has 4 heteroatoms.